The topological polar surface area (TPSA) is 80.0 Å². The van der Waals surface area contributed by atoms with Gasteiger partial charge in [0.05, 0.1) is 5.56 Å². The minimum Gasteiger partial charge on any atom is -0.365 e. The summed E-state index contributed by atoms with van der Waals surface area (Å²) in [7, 11) is 0. The van der Waals surface area contributed by atoms with E-state index < -0.39 is 5.91 Å². The van der Waals surface area contributed by atoms with Gasteiger partial charge in [-0.3, -0.25) is 4.79 Å². The maximum absolute atomic E-state index is 11.3. The molecule has 5 nitrogen and oxygen atoms in total. The molecule has 0 spiro atoms. The quantitative estimate of drug-likeness (QED) is 0.717. The molecular weight excluding hydrogens is 216 g/mol. The number of nitrogens with one attached hydrogen (secondary N) is 2. The zero-order valence-electron chi connectivity index (χ0n) is 9.99. The number of hydrogen-bond acceptors (Lipinski definition) is 4. The maximum Gasteiger partial charge on any atom is 0.252 e. The van der Waals surface area contributed by atoms with Crippen molar-refractivity contribution in [3.05, 3.63) is 23.4 Å². The normalized spacial score (nSPS) is 19.9. The number of aryl methyl sites for hydroxylation is 1. The van der Waals surface area contributed by atoms with Gasteiger partial charge in [-0.1, -0.05) is 0 Å². The third kappa shape index (κ3) is 2.94. The van der Waals surface area contributed by atoms with E-state index in [1.54, 1.807) is 12.1 Å². The Labute approximate surface area is 101 Å². The van der Waals surface area contributed by atoms with Crippen LogP contribution in [0.2, 0.25) is 0 Å². The van der Waals surface area contributed by atoms with E-state index in [2.05, 4.69) is 15.6 Å². The first-order chi connectivity index (χ1) is 8.16. The Kier molecular flexibility index (Phi) is 3.58. The lowest BCUT2D eigenvalue weighted by Crippen LogP contribution is -2.39. The molecular formula is C12H18N4O. The number of aromatic nitrogens is 1. The lowest BCUT2D eigenvalue weighted by atomic mass is 10.1. The molecule has 1 saturated heterocycles. The fraction of sp³-hybridized carbons (Fsp3) is 0.500. The molecule has 1 aromatic rings. The fourth-order valence-corrected chi connectivity index (χ4v) is 2.03. The smallest absolute Gasteiger partial charge is 0.252 e. The van der Waals surface area contributed by atoms with Gasteiger partial charge < -0.3 is 16.4 Å². The average Bonchev–Trinajstić information content (AvgIpc) is 2.30. The van der Waals surface area contributed by atoms with Crippen molar-refractivity contribution in [2.75, 3.05) is 18.4 Å². The number of piperidine rings is 1. The van der Waals surface area contributed by atoms with Crippen molar-refractivity contribution in [2.24, 2.45) is 5.73 Å². The van der Waals surface area contributed by atoms with Crippen molar-refractivity contribution in [2.45, 2.75) is 25.8 Å². The van der Waals surface area contributed by atoms with Gasteiger partial charge in [0.2, 0.25) is 0 Å². The third-order valence-corrected chi connectivity index (χ3v) is 2.94. The lowest BCUT2D eigenvalue weighted by Gasteiger charge is -2.25. The van der Waals surface area contributed by atoms with E-state index in [1.807, 2.05) is 6.92 Å². The van der Waals surface area contributed by atoms with Crippen LogP contribution in [-0.2, 0) is 0 Å². The summed E-state index contributed by atoms with van der Waals surface area (Å²) < 4.78 is 0. The molecule has 2 heterocycles. The molecule has 1 aliphatic heterocycles. The van der Waals surface area contributed by atoms with Crippen LogP contribution in [0.4, 0.5) is 5.82 Å². The van der Waals surface area contributed by atoms with Gasteiger partial charge in [0.25, 0.3) is 5.91 Å². The molecule has 2 rings (SSSR count). The first-order valence-corrected chi connectivity index (χ1v) is 5.91. The Hall–Kier alpha value is -1.62. The minimum absolute atomic E-state index is 0.316. The van der Waals surface area contributed by atoms with Gasteiger partial charge in [-0.25, -0.2) is 4.98 Å². The molecule has 0 aromatic carbocycles. The first kappa shape index (κ1) is 11.9. The largest absolute Gasteiger partial charge is 0.365 e. The summed E-state index contributed by atoms with van der Waals surface area (Å²) in [6.07, 6.45) is 2.22. The highest BCUT2D eigenvalue weighted by molar-refractivity contribution is 5.97. The van der Waals surface area contributed by atoms with E-state index in [1.165, 1.54) is 0 Å². The lowest BCUT2D eigenvalue weighted by molar-refractivity contribution is 0.100. The van der Waals surface area contributed by atoms with Crippen LogP contribution >= 0.6 is 0 Å². The molecule has 0 radical (unpaired) electrons. The number of anilines is 1. The number of carbonyl (C=O) groups excluding carboxylic acids is 1. The predicted octanol–water partition coefficient (Wildman–Crippen LogP) is 0.653. The summed E-state index contributed by atoms with van der Waals surface area (Å²) >= 11 is 0. The highest BCUT2D eigenvalue weighted by Gasteiger charge is 2.16. The first-order valence-electron chi connectivity index (χ1n) is 5.91. The fourth-order valence-electron chi connectivity index (χ4n) is 2.03. The van der Waals surface area contributed by atoms with Gasteiger partial charge in [-0.15, -0.1) is 0 Å². The van der Waals surface area contributed by atoms with E-state index in [0.717, 1.165) is 31.6 Å². The molecule has 17 heavy (non-hydrogen) atoms. The van der Waals surface area contributed by atoms with Gasteiger partial charge in [0.15, 0.2) is 0 Å². The second-order valence-electron chi connectivity index (χ2n) is 4.40. The summed E-state index contributed by atoms with van der Waals surface area (Å²) in [6.45, 7) is 3.85. The Bertz CT molecular complexity index is 413. The molecule has 0 saturated carbocycles. The van der Waals surface area contributed by atoms with E-state index >= 15 is 0 Å². The van der Waals surface area contributed by atoms with Crippen molar-refractivity contribution >= 4 is 11.7 Å². The van der Waals surface area contributed by atoms with Crippen LogP contribution in [0.1, 0.15) is 28.9 Å². The highest BCUT2D eigenvalue weighted by Crippen LogP contribution is 2.16. The van der Waals surface area contributed by atoms with Crippen molar-refractivity contribution in [3.63, 3.8) is 0 Å². The molecule has 1 fully saturated rings. The zero-order chi connectivity index (χ0) is 12.3. The van der Waals surface area contributed by atoms with Crippen LogP contribution in [-0.4, -0.2) is 30.0 Å². The number of pyridine rings is 1. The number of hydrogen-bond donors (Lipinski definition) is 3. The van der Waals surface area contributed by atoms with Crippen molar-refractivity contribution in [1.82, 2.24) is 10.3 Å². The van der Waals surface area contributed by atoms with Gasteiger partial charge in [0, 0.05) is 18.3 Å². The summed E-state index contributed by atoms with van der Waals surface area (Å²) in [5.41, 5.74) is 6.67. The standard InChI is InChI=1S/C12H18N4O/c1-8-4-5-10(11(13)17)12(15-8)16-9-3-2-6-14-7-9/h4-5,9,14H,2-3,6-7H2,1H3,(H2,13,17)(H,15,16). The molecule has 1 amide bonds. The van der Waals surface area contributed by atoms with Crippen LogP contribution < -0.4 is 16.4 Å². The van der Waals surface area contributed by atoms with Gasteiger partial charge in [0.1, 0.15) is 5.82 Å². The zero-order valence-corrected chi connectivity index (χ0v) is 9.99. The second kappa shape index (κ2) is 5.14. The number of primary amides is 1. The highest BCUT2D eigenvalue weighted by atomic mass is 16.1. The number of nitrogens with two attached hydrogens (primary N) is 1. The molecule has 92 valence electrons. The molecule has 1 unspecified atom stereocenters. The van der Waals surface area contributed by atoms with E-state index in [-0.39, 0.29) is 0 Å². The molecule has 0 aliphatic carbocycles. The number of nitrogens with zero attached hydrogens (tertiary/aromatic N) is 1. The van der Waals surface area contributed by atoms with E-state index in [9.17, 15) is 4.79 Å². The van der Waals surface area contributed by atoms with Crippen LogP contribution in [0.25, 0.3) is 0 Å². The molecule has 1 aliphatic rings. The molecule has 1 aromatic heterocycles. The van der Waals surface area contributed by atoms with Gasteiger partial charge in [-0.05, 0) is 38.4 Å². The van der Waals surface area contributed by atoms with Crippen molar-refractivity contribution in [3.8, 4) is 0 Å². The Balaban J connectivity index is 2.17. The molecule has 4 N–H and O–H groups in total. The van der Waals surface area contributed by atoms with Crippen LogP contribution in [0.3, 0.4) is 0 Å². The summed E-state index contributed by atoms with van der Waals surface area (Å²) in [5.74, 6) is 0.162. The summed E-state index contributed by atoms with van der Waals surface area (Å²) in [6, 6.07) is 3.84. The van der Waals surface area contributed by atoms with Crippen LogP contribution in [0, 0.1) is 6.92 Å². The number of amides is 1. The van der Waals surface area contributed by atoms with Gasteiger partial charge in [-0.2, -0.15) is 0 Å². The Morgan fingerprint density at radius 3 is 3.06 bits per heavy atom. The monoisotopic (exact) mass is 234 g/mol. The number of rotatable bonds is 3. The van der Waals surface area contributed by atoms with Crippen LogP contribution in [0.5, 0.6) is 0 Å². The maximum atomic E-state index is 11.3. The second-order valence-corrected chi connectivity index (χ2v) is 4.40. The van der Waals surface area contributed by atoms with Crippen molar-refractivity contribution < 1.29 is 4.79 Å². The minimum atomic E-state index is -0.441. The molecule has 5 heteroatoms. The third-order valence-electron chi connectivity index (χ3n) is 2.94. The Morgan fingerprint density at radius 2 is 2.41 bits per heavy atom. The molecule has 0 bridgehead atoms. The Morgan fingerprint density at radius 1 is 1.59 bits per heavy atom. The SMILES string of the molecule is Cc1ccc(C(N)=O)c(NC2CCCNC2)n1. The summed E-state index contributed by atoms with van der Waals surface area (Å²) in [4.78, 5) is 15.7. The van der Waals surface area contributed by atoms with Crippen molar-refractivity contribution in [1.29, 1.82) is 0 Å². The summed E-state index contributed by atoms with van der Waals surface area (Å²) in [5, 5.41) is 6.61. The van der Waals surface area contributed by atoms with E-state index in [4.69, 9.17) is 5.73 Å². The van der Waals surface area contributed by atoms with Gasteiger partial charge >= 0.3 is 0 Å². The molecule has 1 atom stereocenters. The van der Waals surface area contributed by atoms with Crippen LogP contribution in [0.15, 0.2) is 12.1 Å². The predicted molar refractivity (Wildman–Crippen MR) is 67.0 cm³/mol. The number of carbonyl (C=O) groups is 1. The average molecular weight is 234 g/mol. The van der Waals surface area contributed by atoms with E-state index in [0.29, 0.717) is 17.4 Å².